The van der Waals surface area contributed by atoms with Crippen molar-refractivity contribution < 1.29 is 0 Å². The summed E-state index contributed by atoms with van der Waals surface area (Å²) < 4.78 is 0. The first-order valence-corrected chi connectivity index (χ1v) is 5.80. The van der Waals surface area contributed by atoms with E-state index in [-0.39, 0.29) is 5.82 Å². The molecule has 1 aromatic heterocycles. The molecule has 0 radical (unpaired) electrons. The first-order chi connectivity index (χ1) is 7.68. The molecule has 0 saturated heterocycles. The Morgan fingerprint density at radius 3 is 2.50 bits per heavy atom. The molecule has 3 nitrogen and oxygen atoms in total. The van der Waals surface area contributed by atoms with Crippen molar-refractivity contribution in [2.75, 3.05) is 11.5 Å². The minimum Gasteiger partial charge on any atom is -0.394 e. The van der Waals surface area contributed by atoms with Crippen LogP contribution in [-0.4, -0.2) is 4.98 Å². The van der Waals surface area contributed by atoms with Crippen molar-refractivity contribution in [3.8, 4) is 0 Å². The molecule has 16 heavy (non-hydrogen) atoms. The second kappa shape index (κ2) is 4.63. The molecule has 1 heterocycles. The average Bonchev–Trinajstić information content (AvgIpc) is 2.31. The van der Waals surface area contributed by atoms with Crippen LogP contribution in [0, 0.1) is 0 Å². The van der Waals surface area contributed by atoms with E-state index >= 15 is 0 Å². The third-order valence-corrected chi connectivity index (χ3v) is 3.58. The molecular formula is C11H10ClN3S. The molecule has 0 aliphatic rings. The first kappa shape index (κ1) is 11.1. The number of aromatic nitrogens is 1. The normalized spacial score (nSPS) is 10.3. The van der Waals surface area contributed by atoms with Gasteiger partial charge in [0, 0.05) is 11.1 Å². The Morgan fingerprint density at radius 2 is 1.81 bits per heavy atom. The van der Waals surface area contributed by atoms with E-state index in [0.29, 0.717) is 10.7 Å². The number of nitrogens with zero attached hydrogens (tertiary/aromatic N) is 1. The van der Waals surface area contributed by atoms with Crippen LogP contribution in [-0.2, 0) is 0 Å². The SMILES string of the molecule is Nc1ncc(Sc2ccccc2)c(Cl)c1N. The van der Waals surface area contributed by atoms with Crippen molar-refractivity contribution in [1.29, 1.82) is 0 Å². The summed E-state index contributed by atoms with van der Waals surface area (Å²) in [6.07, 6.45) is 1.63. The van der Waals surface area contributed by atoms with Crippen LogP contribution in [0.5, 0.6) is 0 Å². The maximum atomic E-state index is 6.08. The molecule has 0 fully saturated rings. The van der Waals surface area contributed by atoms with Crippen molar-refractivity contribution in [2.24, 2.45) is 0 Å². The molecule has 0 bridgehead atoms. The Balaban J connectivity index is 2.33. The standard InChI is InChI=1S/C11H10ClN3S/c12-9-8(6-15-11(14)10(9)13)16-7-4-2-1-3-5-7/h1-6H,13H2,(H2,14,15). The Morgan fingerprint density at radius 1 is 1.12 bits per heavy atom. The van der Waals surface area contributed by atoms with Crippen molar-refractivity contribution >= 4 is 34.9 Å². The number of nitrogen functional groups attached to an aromatic ring is 2. The quantitative estimate of drug-likeness (QED) is 0.861. The highest BCUT2D eigenvalue weighted by atomic mass is 35.5. The van der Waals surface area contributed by atoms with Gasteiger partial charge in [0.1, 0.15) is 5.82 Å². The summed E-state index contributed by atoms with van der Waals surface area (Å²) in [5.74, 6) is 0.266. The largest absolute Gasteiger partial charge is 0.394 e. The van der Waals surface area contributed by atoms with Crippen LogP contribution >= 0.6 is 23.4 Å². The number of anilines is 2. The van der Waals surface area contributed by atoms with Gasteiger partial charge in [-0.1, -0.05) is 41.6 Å². The van der Waals surface area contributed by atoms with E-state index in [9.17, 15) is 0 Å². The van der Waals surface area contributed by atoms with Gasteiger partial charge < -0.3 is 11.5 Å². The Labute approximate surface area is 103 Å². The summed E-state index contributed by atoms with van der Waals surface area (Å²) in [5.41, 5.74) is 11.6. The summed E-state index contributed by atoms with van der Waals surface area (Å²) in [6.45, 7) is 0. The summed E-state index contributed by atoms with van der Waals surface area (Å²) in [4.78, 5) is 5.87. The van der Waals surface area contributed by atoms with Crippen LogP contribution in [0.1, 0.15) is 0 Å². The molecule has 2 rings (SSSR count). The Bertz CT molecular complexity index is 502. The predicted octanol–water partition coefficient (Wildman–Crippen LogP) is 3.05. The molecule has 0 amide bonds. The van der Waals surface area contributed by atoms with Gasteiger partial charge in [0.15, 0.2) is 0 Å². The van der Waals surface area contributed by atoms with Crippen LogP contribution in [0.25, 0.3) is 0 Å². The summed E-state index contributed by atoms with van der Waals surface area (Å²) in [6, 6.07) is 9.87. The highest BCUT2D eigenvalue weighted by Gasteiger charge is 2.09. The third kappa shape index (κ3) is 2.23. The number of benzene rings is 1. The molecule has 5 heteroatoms. The molecule has 0 unspecified atom stereocenters. The van der Waals surface area contributed by atoms with Crippen molar-refractivity contribution in [2.45, 2.75) is 9.79 Å². The van der Waals surface area contributed by atoms with Gasteiger partial charge in [-0.2, -0.15) is 0 Å². The number of halogens is 1. The summed E-state index contributed by atoms with van der Waals surface area (Å²) in [7, 11) is 0. The maximum absolute atomic E-state index is 6.08. The second-order valence-electron chi connectivity index (χ2n) is 3.15. The smallest absolute Gasteiger partial charge is 0.148 e. The van der Waals surface area contributed by atoms with Gasteiger partial charge in [0.25, 0.3) is 0 Å². The van der Waals surface area contributed by atoms with E-state index < -0.39 is 0 Å². The number of hydrogen-bond donors (Lipinski definition) is 2. The van der Waals surface area contributed by atoms with Crippen LogP contribution in [0.4, 0.5) is 11.5 Å². The van der Waals surface area contributed by atoms with Crippen molar-refractivity contribution in [1.82, 2.24) is 4.98 Å². The third-order valence-electron chi connectivity index (χ3n) is 2.02. The molecule has 0 aliphatic carbocycles. The molecule has 2 aromatic rings. The van der Waals surface area contributed by atoms with Gasteiger partial charge >= 0.3 is 0 Å². The number of pyridine rings is 1. The Hall–Kier alpha value is -1.39. The predicted molar refractivity (Wildman–Crippen MR) is 68.6 cm³/mol. The molecule has 0 aliphatic heterocycles. The molecule has 0 spiro atoms. The number of rotatable bonds is 2. The van der Waals surface area contributed by atoms with Crippen molar-refractivity contribution in [3.63, 3.8) is 0 Å². The zero-order valence-electron chi connectivity index (χ0n) is 8.35. The minimum absolute atomic E-state index is 0.266. The fourth-order valence-electron chi connectivity index (χ4n) is 1.19. The molecular weight excluding hydrogens is 242 g/mol. The molecule has 0 saturated carbocycles. The van der Waals surface area contributed by atoms with E-state index in [1.807, 2.05) is 30.3 Å². The second-order valence-corrected chi connectivity index (χ2v) is 4.64. The van der Waals surface area contributed by atoms with Gasteiger partial charge in [0.2, 0.25) is 0 Å². The van der Waals surface area contributed by atoms with E-state index in [2.05, 4.69) is 4.98 Å². The highest BCUT2D eigenvalue weighted by Crippen LogP contribution is 2.37. The fraction of sp³-hybridized carbons (Fsp3) is 0. The summed E-state index contributed by atoms with van der Waals surface area (Å²) >= 11 is 7.59. The van der Waals surface area contributed by atoms with E-state index in [1.165, 1.54) is 11.8 Å². The van der Waals surface area contributed by atoms with Gasteiger partial charge in [-0.05, 0) is 12.1 Å². The summed E-state index contributed by atoms with van der Waals surface area (Å²) in [5, 5.41) is 0.460. The topological polar surface area (TPSA) is 64.9 Å². The van der Waals surface area contributed by atoms with E-state index in [0.717, 1.165) is 9.79 Å². The lowest BCUT2D eigenvalue weighted by molar-refractivity contribution is 1.25. The maximum Gasteiger partial charge on any atom is 0.148 e. The molecule has 4 N–H and O–H groups in total. The van der Waals surface area contributed by atoms with Gasteiger partial charge in [-0.25, -0.2) is 4.98 Å². The highest BCUT2D eigenvalue weighted by molar-refractivity contribution is 7.99. The first-order valence-electron chi connectivity index (χ1n) is 4.61. The Kier molecular flexibility index (Phi) is 3.22. The molecule has 1 aromatic carbocycles. The van der Waals surface area contributed by atoms with Gasteiger partial charge in [-0.15, -0.1) is 0 Å². The van der Waals surface area contributed by atoms with Crippen LogP contribution in [0.15, 0.2) is 46.3 Å². The van der Waals surface area contributed by atoms with Crippen LogP contribution < -0.4 is 11.5 Å². The van der Waals surface area contributed by atoms with E-state index in [1.54, 1.807) is 6.20 Å². The zero-order valence-corrected chi connectivity index (χ0v) is 9.92. The monoisotopic (exact) mass is 251 g/mol. The van der Waals surface area contributed by atoms with E-state index in [4.69, 9.17) is 23.1 Å². The van der Waals surface area contributed by atoms with Crippen molar-refractivity contribution in [3.05, 3.63) is 41.6 Å². The van der Waals surface area contributed by atoms with Crippen LogP contribution in [0.3, 0.4) is 0 Å². The lowest BCUT2D eigenvalue weighted by Gasteiger charge is -2.07. The van der Waals surface area contributed by atoms with Gasteiger partial charge in [0.05, 0.1) is 15.6 Å². The average molecular weight is 252 g/mol. The molecule has 82 valence electrons. The van der Waals surface area contributed by atoms with Gasteiger partial charge in [-0.3, -0.25) is 0 Å². The number of nitrogens with two attached hydrogens (primary N) is 2. The lowest BCUT2D eigenvalue weighted by atomic mass is 10.4. The lowest BCUT2D eigenvalue weighted by Crippen LogP contribution is -1.99. The number of hydrogen-bond acceptors (Lipinski definition) is 4. The minimum atomic E-state index is 0.266. The van der Waals surface area contributed by atoms with Crippen LogP contribution in [0.2, 0.25) is 5.02 Å². The zero-order chi connectivity index (χ0) is 11.5. The molecule has 0 atom stereocenters. The fourth-order valence-corrected chi connectivity index (χ4v) is 2.30.